The molecule has 0 aliphatic rings. The van der Waals surface area contributed by atoms with Gasteiger partial charge in [0.05, 0.1) is 38.1 Å². The van der Waals surface area contributed by atoms with Crippen molar-refractivity contribution in [2.45, 2.75) is 239 Å². The van der Waals surface area contributed by atoms with Gasteiger partial charge < -0.3 is 18.9 Å². The van der Waals surface area contributed by atoms with Crippen LogP contribution in [0.1, 0.15) is 250 Å². The molecule has 2 aromatic rings. The molecule has 5 nitrogen and oxygen atoms in total. The number of alkyl halides is 1. The van der Waals surface area contributed by atoms with Crippen molar-refractivity contribution in [3.63, 3.8) is 0 Å². The highest BCUT2D eigenvalue weighted by Crippen LogP contribution is 2.41. The zero-order valence-electron chi connectivity index (χ0n) is 41.1. The van der Waals surface area contributed by atoms with E-state index in [4.69, 9.17) is 18.9 Å². The summed E-state index contributed by atoms with van der Waals surface area (Å²) < 4.78 is 25.9. The first kappa shape index (κ1) is 56.5. The fourth-order valence-electron chi connectivity index (χ4n) is 8.14. The molecule has 63 heavy (non-hydrogen) atoms. The number of ether oxygens (including phenoxy) is 4. The van der Waals surface area contributed by atoms with Crippen molar-refractivity contribution in [1.82, 2.24) is 0 Å². The smallest absolute Gasteiger partial charge is 0.203 e. The Hall–Kier alpha value is -2.65. The van der Waals surface area contributed by atoms with Gasteiger partial charge in [0, 0.05) is 5.33 Å². The predicted molar refractivity (Wildman–Crippen MR) is 276 cm³/mol. The van der Waals surface area contributed by atoms with Gasteiger partial charge in [0.2, 0.25) is 5.75 Å². The van der Waals surface area contributed by atoms with E-state index in [1.54, 1.807) is 0 Å². The van der Waals surface area contributed by atoms with Crippen molar-refractivity contribution >= 4 is 27.6 Å². The van der Waals surface area contributed by atoms with E-state index < -0.39 is 0 Å². The first-order chi connectivity index (χ1) is 31.2. The molecule has 0 spiro atoms. The summed E-state index contributed by atoms with van der Waals surface area (Å²) in [6.07, 6.45) is 45.1. The molecule has 0 radical (unpaired) electrons. The highest BCUT2D eigenvalue weighted by Gasteiger charge is 2.18. The molecule has 0 bridgehead atoms. The molecule has 0 aliphatic carbocycles. The van der Waals surface area contributed by atoms with Gasteiger partial charge in [-0.2, -0.15) is 5.26 Å². The third-order valence-electron chi connectivity index (χ3n) is 12.2. The van der Waals surface area contributed by atoms with E-state index >= 15 is 0 Å². The average molecular weight is 937 g/mol. The maximum Gasteiger partial charge on any atom is 0.203 e. The highest BCUT2D eigenvalue weighted by molar-refractivity contribution is 9.09. The second-order valence-electron chi connectivity index (χ2n) is 18.1. The normalized spacial score (nSPS) is 11.5. The summed E-state index contributed by atoms with van der Waals surface area (Å²) in [5, 5.41) is 11.6. The Kier molecular flexibility index (Phi) is 37.7. The van der Waals surface area contributed by atoms with Gasteiger partial charge in [0.1, 0.15) is 5.75 Å². The molecule has 358 valence electrons. The monoisotopic (exact) mass is 936 g/mol. The van der Waals surface area contributed by atoms with Crippen LogP contribution in [0.3, 0.4) is 0 Å². The van der Waals surface area contributed by atoms with Crippen molar-refractivity contribution in [3.8, 4) is 29.1 Å². The van der Waals surface area contributed by atoms with E-state index in [0.29, 0.717) is 42.6 Å². The standard InChI is InChI=1S/C57H94BrNO4/c1-4-7-10-13-16-19-22-25-29-35-44-61-55-48-52(53(50-59)47-51-38-40-54(41-39-51)60-43-34-32-28-33-42-58)49-56(62-45-36-30-26-23-20-17-14-11-8-5-2)57(55)63-46-37-31-27-24-21-18-15-12-9-6-3/h38-41,47-49H,4-37,42-46H2,1-3H3/b53-47+. The minimum Gasteiger partial charge on any atom is -0.494 e. The summed E-state index contributed by atoms with van der Waals surface area (Å²) >= 11 is 3.52. The van der Waals surface area contributed by atoms with Gasteiger partial charge in [-0.25, -0.2) is 0 Å². The molecule has 0 saturated carbocycles. The molecule has 0 fully saturated rings. The van der Waals surface area contributed by atoms with Crippen LogP contribution >= 0.6 is 15.9 Å². The van der Waals surface area contributed by atoms with E-state index in [-0.39, 0.29) is 0 Å². The van der Waals surface area contributed by atoms with Gasteiger partial charge in [0.25, 0.3) is 0 Å². The van der Waals surface area contributed by atoms with Gasteiger partial charge in [0.15, 0.2) is 11.5 Å². The van der Waals surface area contributed by atoms with E-state index in [9.17, 15) is 5.26 Å². The van der Waals surface area contributed by atoms with Crippen LogP contribution in [-0.2, 0) is 0 Å². The molecular formula is C57H94BrNO4. The molecule has 0 aromatic heterocycles. The quantitative estimate of drug-likeness (QED) is 0.0287. The number of hydrogen-bond acceptors (Lipinski definition) is 5. The van der Waals surface area contributed by atoms with Crippen LogP contribution in [-0.4, -0.2) is 31.8 Å². The van der Waals surface area contributed by atoms with Crippen molar-refractivity contribution in [2.75, 3.05) is 31.8 Å². The summed E-state index contributed by atoms with van der Waals surface area (Å²) in [7, 11) is 0. The Labute approximate surface area is 397 Å². The molecule has 2 aromatic carbocycles. The van der Waals surface area contributed by atoms with Gasteiger partial charge >= 0.3 is 0 Å². The highest BCUT2D eigenvalue weighted by atomic mass is 79.9. The summed E-state index contributed by atoms with van der Waals surface area (Å²) in [6.45, 7) is 9.44. The van der Waals surface area contributed by atoms with Crippen LogP contribution in [0.25, 0.3) is 11.6 Å². The third kappa shape index (κ3) is 30.2. The molecule has 0 aliphatic heterocycles. The Morgan fingerprint density at radius 1 is 0.444 bits per heavy atom. The number of nitrogens with zero attached hydrogens (tertiary/aromatic N) is 1. The molecule has 0 heterocycles. The number of nitriles is 1. The first-order valence-corrected chi connectivity index (χ1v) is 27.8. The lowest BCUT2D eigenvalue weighted by molar-refractivity contribution is 0.234. The lowest BCUT2D eigenvalue weighted by Crippen LogP contribution is -2.07. The van der Waals surface area contributed by atoms with E-state index in [1.807, 2.05) is 42.5 Å². The minimum atomic E-state index is 0.573. The van der Waals surface area contributed by atoms with E-state index in [2.05, 4.69) is 42.8 Å². The van der Waals surface area contributed by atoms with E-state index in [1.165, 1.54) is 180 Å². The van der Waals surface area contributed by atoms with Gasteiger partial charge in [-0.1, -0.05) is 235 Å². The zero-order valence-corrected chi connectivity index (χ0v) is 42.7. The number of allylic oxidation sites excluding steroid dienone is 1. The summed E-state index contributed by atoms with van der Waals surface area (Å²) in [4.78, 5) is 0. The maximum absolute atomic E-state index is 10.6. The molecule has 2 rings (SSSR count). The van der Waals surface area contributed by atoms with Crippen LogP contribution in [0.2, 0.25) is 0 Å². The Bertz CT molecular complexity index is 1350. The molecule has 0 saturated heterocycles. The fraction of sp³-hybridized carbons (Fsp3) is 0.737. The molecule has 0 amide bonds. The van der Waals surface area contributed by atoms with Crippen LogP contribution in [0, 0.1) is 11.3 Å². The average Bonchev–Trinajstić information content (AvgIpc) is 3.30. The minimum absolute atomic E-state index is 0.573. The first-order valence-electron chi connectivity index (χ1n) is 26.6. The van der Waals surface area contributed by atoms with E-state index in [0.717, 1.165) is 67.3 Å². The Morgan fingerprint density at radius 3 is 1.14 bits per heavy atom. The van der Waals surface area contributed by atoms with Crippen LogP contribution in [0.15, 0.2) is 36.4 Å². The molecule has 0 atom stereocenters. The topological polar surface area (TPSA) is 60.7 Å². The summed E-state index contributed by atoms with van der Waals surface area (Å²) in [6, 6.07) is 14.6. The lowest BCUT2D eigenvalue weighted by Gasteiger charge is -2.19. The van der Waals surface area contributed by atoms with Gasteiger partial charge in [-0.3, -0.25) is 0 Å². The number of hydrogen-bond donors (Lipinski definition) is 0. The number of unbranched alkanes of at least 4 members (excludes halogenated alkanes) is 30. The van der Waals surface area contributed by atoms with Crippen molar-refractivity contribution in [2.24, 2.45) is 0 Å². The number of rotatable bonds is 45. The van der Waals surface area contributed by atoms with Crippen molar-refractivity contribution in [3.05, 3.63) is 47.5 Å². The third-order valence-corrected chi connectivity index (χ3v) is 12.8. The molecule has 6 heteroatoms. The van der Waals surface area contributed by atoms with Gasteiger partial charge in [-0.15, -0.1) is 0 Å². The number of benzene rings is 2. The number of halogens is 1. The molecule has 0 N–H and O–H groups in total. The Balaban J connectivity index is 2.19. The second-order valence-corrected chi connectivity index (χ2v) is 18.9. The maximum atomic E-state index is 10.6. The van der Waals surface area contributed by atoms with Crippen molar-refractivity contribution < 1.29 is 18.9 Å². The SMILES string of the molecule is CCCCCCCCCCCCOc1cc(/C(C#N)=C/c2ccc(OCCCCCCBr)cc2)cc(OCCCCCCCCCCCC)c1OCCCCCCCCCCCC. The molecular weight excluding hydrogens is 843 g/mol. The Morgan fingerprint density at radius 2 is 0.778 bits per heavy atom. The zero-order chi connectivity index (χ0) is 45.1. The van der Waals surface area contributed by atoms with Crippen molar-refractivity contribution in [1.29, 1.82) is 5.26 Å². The van der Waals surface area contributed by atoms with Crippen LogP contribution < -0.4 is 18.9 Å². The largest absolute Gasteiger partial charge is 0.494 e. The molecule has 0 unspecified atom stereocenters. The second kappa shape index (κ2) is 42.0. The van der Waals surface area contributed by atoms with Crippen LogP contribution in [0.5, 0.6) is 23.0 Å². The van der Waals surface area contributed by atoms with Gasteiger partial charge in [-0.05, 0) is 73.6 Å². The fourth-order valence-corrected chi connectivity index (χ4v) is 8.54. The lowest BCUT2D eigenvalue weighted by atomic mass is 10.0. The summed E-state index contributed by atoms with van der Waals surface area (Å²) in [5.41, 5.74) is 2.33. The summed E-state index contributed by atoms with van der Waals surface area (Å²) in [5.74, 6) is 2.93. The van der Waals surface area contributed by atoms with Crippen LogP contribution in [0.4, 0.5) is 0 Å². The predicted octanol–water partition coefficient (Wildman–Crippen LogP) is 19.0.